The van der Waals surface area contributed by atoms with Crippen molar-refractivity contribution >= 4 is 23.3 Å². The first kappa shape index (κ1) is 18.4. The molecule has 1 amide bonds. The van der Waals surface area contributed by atoms with Gasteiger partial charge in [-0.15, -0.1) is 0 Å². The Labute approximate surface area is 154 Å². The Morgan fingerprint density at radius 1 is 1.16 bits per heavy atom. The molecule has 2 aliphatic rings. The van der Waals surface area contributed by atoms with Gasteiger partial charge in [0.25, 0.3) is 5.91 Å². The van der Waals surface area contributed by atoms with Gasteiger partial charge in [0, 0.05) is 32.4 Å². The van der Waals surface area contributed by atoms with Gasteiger partial charge in [0.05, 0.1) is 23.8 Å². The molecule has 25 heavy (non-hydrogen) atoms. The maximum Gasteiger partial charge on any atom is 0.255 e. The second kappa shape index (κ2) is 9.36. The quantitative estimate of drug-likeness (QED) is 0.867. The first-order chi connectivity index (χ1) is 12.2. The van der Waals surface area contributed by atoms with Gasteiger partial charge in [0.1, 0.15) is 5.82 Å². The number of carbonyl (C=O) groups is 1. The number of likely N-dealkylation sites (tertiary alicyclic amines) is 1. The van der Waals surface area contributed by atoms with E-state index >= 15 is 0 Å². The predicted octanol–water partition coefficient (Wildman–Crippen LogP) is 2.50. The molecule has 2 aliphatic heterocycles. The molecular weight excluding hydrogens is 340 g/mol. The molecule has 0 unspecified atom stereocenters. The lowest BCUT2D eigenvalue weighted by Crippen LogP contribution is -2.40. The van der Waals surface area contributed by atoms with Gasteiger partial charge in [0.15, 0.2) is 0 Å². The molecule has 0 saturated carbocycles. The van der Waals surface area contributed by atoms with Crippen LogP contribution in [0, 0.1) is 0 Å². The van der Waals surface area contributed by atoms with Crippen LogP contribution in [0.1, 0.15) is 36.0 Å². The predicted molar refractivity (Wildman–Crippen MR) is 99.4 cm³/mol. The molecule has 2 fully saturated rings. The number of halogens is 1. The van der Waals surface area contributed by atoms with Gasteiger partial charge < -0.3 is 19.9 Å². The second-order valence-electron chi connectivity index (χ2n) is 6.64. The van der Waals surface area contributed by atoms with Gasteiger partial charge in [-0.25, -0.2) is 4.98 Å². The second-order valence-corrected chi connectivity index (χ2v) is 7.05. The molecule has 2 saturated heterocycles. The monoisotopic (exact) mass is 366 g/mol. The molecule has 1 aromatic heterocycles. The summed E-state index contributed by atoms with van der Waals surface area (Å²) in [4.78, 5) is 21.1. The highest BCUT2D eigenvalue weighted by Gasteiger charge is 2.19. The Morgan fingerprint density at radius 3 is 2.56 bits per heavy atom. The van der Waals surface area contributed by atoms with Crippen LogP contribution in [0.2, 0.25) is 5.02 Å². The number of ether oxygens (including phenoxy) is 1. The van der Waals surface area contributed by atoms with Crippen molar-refractivity contribution in [1.82, 2.24) is 14.8 Å². The van der Waals surface area contributed by atoms with E-state index in [1.165, 1.54) is 38.8 Å². The van der Waals surface area contributed by atoms with Crippen molar-refractivity contribution in [2.24, 2.45) is 0 Å². The zero-order valence-corrected chi connectivity index (χ0v) is 15.4. The third kappa shape index (κ3) is 5.30. The largest absolute Gasteiger partial charge is 0.378 e. The molecule has 0 bridgehead atoms. The Hall–Kier alpha value is -1.37. The summed E-state index contributed by atoms with van der Waals surface area (Å²) in [6.45, 7) is 6.56. The number of amides is 1. The Bertz CT molecular complexity index is 570. The minimum Gasteiger partial charge on any atom is -0.378 e. The maximum absolute atomic E-state index is 12.5. The molecule has 1 aromatic rings. The van der Waals surface area contributed by atoms with Crippen LogP contribution < -0.4 is 5.32 Å². The Morgan fingerprint density at radius 2 is 1.88 bits per heavy atom. The van der Waals surface area contributed by atoms with Crippen molar-refractivity contribution in [2.75, 3.05) is 57.8 Å². The summed E-state index contributed by atoms with van der Waals surface area (Å²) in [7, 11) is 0. The molecule has 1 N–H and O–H groups in total. The van der Waals surface area contributed by atoms with Gasteiger partial charge in [0.2, 0.25) is 0 Å². The number of nitrogens with zero attached hydrogens (tertiary/aromatic N) is 3. The number of morpholine rings is 1. The smallest absolute Gasteiger partial charge is 0.255 e. The third-order valence-corrected chi connectivity index (χ3v) is 5.09. The van der Waals surface area contributed by atoms with Crippen molar-refractivity contribution in [3.8, 4) is 0 Å². The number of pyridine rings is 1. The summed E-state index contributed by atoms with van der Waals surface area (Å²) >= 11 is 6.33. The van der Waals surface area contributed by atoms with Crippen molar-refractivity contribution in [2.45, 2.75) is 25.7 Å². The number of anilines is 1. The molecule has 0 atom stereocenters. The van der Waals surface area contributed by atoms with Crippen LogP contribution >= 0.6 is 11.6 Å². The Kier molecular flexibility index (Phi) is 6.90. The highest BCUT2D eigenvalue weighted by molar-refractivity contribution is 6.33. The van der Waals surface area contributed by atoms with E-state index in [4.69, 9.17) is 16.3 Å². The van der Waals surface area contributed by atoms with E-state index in [0.717, 1.165) is 13.1 Å². The number of carbonyl (C=O) groups excluding carboxylic acids is 1. The highest BCUT2D eigenvalue weighted by Crippen LogP contribution is 2.21. The van der Waals surface area contributed by atoms with Gasteiger partial charge in [-0.1, -0.05) is 24.4 Å². The van der Waals surface area contributed by atoms with Crippen molar-refractivity contribution < 1.29 is 9.53 Å². The molecule has 3 rings (SSSR count). The molecule has 0 aromatic carbocycles. The highest BCUT2D eigenvalue weighted by atomic mass is 35.5. The SMILES string of the molecule is O=C(c1cnc(NCCN2CCCCCC2)c(Cl)c1)N1CCOCC1. The third-order valence-electron chi connectivity index (χ3n) is 4.81. The fraction of sp³-hybridized carbons (Fsp3) is 0.667. The van der Waals surface area contributed by atoms with E-state index < -0.39 is 0 Å². The fourth-order valence-corrected chi connectivity index (χ4v) is 3.56. The van der Waals surface area contributed by atoms with E-state index in [1.807, 2.05) is 0 Å². The summed E-state index contributed by atoms with van der Waals surface area (Å²) < 4.78 is 5.28. The molecule has 7 heteroatoms. The van der Waals surface area contributed by atoms with Crippen molar-refractivity contribution in [3.63, 3.8) is 0 Å². The van der Waals surface area contributed by atoms with Crippen LogP contribution in [0.5, 0.6) is 0 Å². The van der Waals surface area contributed by atoms with Crippen molar-refractivity contribution in [1.29, 1.82) is 0 Å². The first-order valence-corrected chi connectivity index (χ1v) is 9.60. The van der Waals surface area contributed by atoms with Crippen LogP contribution in [0.15, 0.2) is 12.3 Å². The van der Waals surface area contributed by atoms with E-state index in [0.29, 0.717) is 42.7 Å². The van der Waals surface area contributed by atoms with Gasteiger partial charge in [-0.2, -0.15) is 0 Å². The topological polar surface area (TPSA) is 57.7 Å². The molecule has 3 heterocycles. The first-order valence-electron chi connectivity index (χ1n) is 9.23. The van der Waals surface area contributed by atoms with Crippen LogP contribution in [-0.2, 0) is 4.74 Å². The van der Waals surface area contributed by atoms with Crippen LogP contribution in [0.25, 0.3) is 0 Å². The lowest BCUT2D eigenvalue weighted by atomic mass is 10.2. The van der Waals surface area contributed by atoms with Crippen LogP contribution in [0.4, 0.5) is 5.82 Å². The zero-order valence-electron chi connectivity index (χ0n) is 14.7. The summed E-state index contributed by atoms with van der Waals surface area (Å²) in [5.74, 6) is 0.615. The normalized spacial score (nSPS) is 19.5. The van der Waals surface area contributed by atoms with Gasteiger partial charge in [-0.3, -0.25) is 4.79 Å². The summed E-state index contributed by atoms with van der Waals surface area (Å²) in [6, 6.07) is 1.71. The number of hydrogen-bond acceptors (Lipinski definition) is 5. The average molecular weight is 367 g/mol. The fourth-order valence-electron chi connectivity index (χ4n) is 3.33. The molecule has 138 valence electrons. The molecule has 0 aliphatic carbocycles. The minimum absolute atomic E-state index is 0.0335. The van der Waals surface area contributed by atoms with Crippen LogP contribution in [0.3, 0.4) is 0 Å². The van der Waals surface area contributed by atoms with E-state index in [-0.39, 0.29) is 5.91 Å². The lowest BCUT2D eigenvalue weighted by Gasteiger charge is -2.26. The summed E-state index contributed by atoms with van der Waals surface area (Å²) in [5.41, 5.74) is 0.532. The van der Waals surface area contributed by atoms with E-state index in [2.05, 4.69) is 15.2 Å². The average Bonchev–Trinajstić information content (AvgIpc) is 2.92. The Balaban J connectivity index is 1.51. The van der Waals surface area contributed by atoms with Gasteiger partial charge in [-0.05, 0) is 32.0 Å². The number of rotatable bonds is 5. The lowest BCUT2D eigenvalue weighted by molar-refractivity contribution is 0.0302. The van der Waals surface area contributed by atoms with Crippen molar-refractivity contribution in [3.05, 3.63) is 22.8 Å². The van der Waals surface area contributed by atoms with Gasteiger partial charge >= 0.3 is 0 Å². The van der Waals surface area contributed by atoms with Crippen LogP contribution in [-0.4, -0.2) is 73.2 Å². The maximum atomic E-state index is 12.5. The molecule has 0 radical (unpaired) electrons. The number of hydrogen-bond donors (Lipinski definition) is 1. The minimum atomic E-state index is -0.0335. The summed E-state index contributed by atoms with van der Waals surface area (Å²) in [5, 5.41) is 3.79. The number of aromatic nitrogens is 1. The molecule has 6 nitrogen and oxygen atoms in total. The molecule has 0 spiro atoms. The van der Waals surface area contributed by atoms with E-state index in [1.54, 1.807) is 17.2 Å². The summed E-state index contributed by atoms with van der Waals surface area (Å²) in [6.07, 6.45) is 6.87. The molecular formula is C18H27ClN4O2. The number of nitrogens with one attached hydrogen (secondary N) is 1. The van der Waals surface area contributed by atoms with E-state index in [9.17, 15) is 4.79 Å². The standard InChI is InChI=1S/C18H27ClN4O2/c19-16-13-15(18(24)23-9-11-25-12-10-23)14-21-17(16)20-5-8-22-6-3-1-2-4-7-22/h13-14H,1-12H2,(H,20,21). The zero-order chi connectivity index (χ0) is 17.5.